The normalized spacial score (nSPS) is 32.0. The lowest BCUT2D eigenvalue weighted by Crippen LogP contribution is -2.64. The highest BCUT2D eigenvalue weighted by molar-refractivity contribution is 5.79. The highest BCUT2D eigenvalue weighted by Gasteiger charge is 2.49. The molecule has 1 amide bonds. The summed E-state index contributed by atoms with van der Waals surface area (Å²) in [5, 5.41) is 15.5. The number of ether oxygens (including phenoxy) is 3. The standard InChI is InChI=1S/C24H33FN2O6/c1-15-11-24(14-31-13-21(28)27-24)20(26-15)12-33-17-7-5-16(6-8-17)18-3-2-4-19(25)23(18)32-10-9-22(29)30/h2-4,15-17,20,26H,5-14H2,1H3,(H,27,28)(H,29,30)/t15-,16-,17+,20?,24?/m1/s1. The summed E-state index contributed by atoms with van der Waals surface area (Å²) in [6.45, 7) is 3.13. The van der Waals surface area contributed by atoms with E-state index < -0.39 is 17.3 Å². The Balaban J connectivity index is 1.31. The van der Waals surface area contributed by atoms with Crippen molar-refractivity contribution in [2.45, 2.75) is 75.1 Å². The van der Waals surface area contributed by atoms with Gasteiger partial charge in [0.1, 0.15) is 6.61 Å². The van der Waals surface area contributed by atoms with Crippen LogP contribution < -0.4 is 15.4 Å². The van der Waals surface area contributed by atoms with Gasteiger partial charge >= 0.3 is 5.97 Å². The minimum absolute atomic E-state index is 0.00747. The summed E-state index contributed by atoms with van der Waals surface area (Å²) in [6, 6.07) is 5.14. The first-order valence-electron chi connectivity index (χ1n) is 11.8. The summed E-state index contributed by atoms with van der Waals surface area (Å²) >= 11 is 0. The Hall–Kier alpha value is -2.23. The summed E-state index contributed by atoms with van der Waals surface area (Å²) in [4.78, 5) is 22.7. The second-order valence-electron chi connectivity index (χ2n) is 9.48. The van der Waals surface area contributed by atoms with Crippen LogP contribution in [-0.2, 0) is 19.1 Å². The lowest BCUT2D eigenvalue weighted by molar-refractivity contribution is -0.138. The highest BCUT2D eigenvalue weighted by atomic mass is 19.1. The Kier molecular flexibility index (Phi) is 7.51. The van der Waals surface area contributed by atoms with Crippen LogP contribution in [0.25, 0.3) is 0 Å². The van der Waals surface area contributed by atoms with Gasteiger partial charge in [0.05, 0.1) is 43.9 Å². The summed E-state index contributed by atoms with van der Waals surface area (Å²) in [7, 11) is 0. The summed E-state index contributed by atoms with van der Waals surface area (Å²) in [5.74, 6) is -1.21. The number of hydrogen-bond donors (Lipinski definition) is 3. The predicted octanol–water partition coefficient (Wildman–Crippen LogP) is 2.36. The molecule has 1 saturated carbocycles. The van der Waals surface area contributed by atoms with Gasteiger partial charge in [-0.3, -0.25) is 9.59 Å². The van der Waals surface area contributed by atoms with Gasteiger partial charge in [0.25, 0.3) is 0 Å². The van der Waals surface area contributed by atoms with E-state index in [1.54, 1.807) is 6.07 Å². The molecule has 1 aliphatic carbocycles. The predicted molar refractivity (Wildman–Crippen MR) is 118 cm³/mol. The third-order valence-electron chi connectivity index (χ3n) is 6.98. The molecule has 33 heavy (non-hydrogen) atoms. The first kappa shape index (κ1) is 23.9. The van der Waals surface area contributed by atoms with E-state index in [0.717, 1.165) is 37.7 Å². The van der Waals surface area contributed by atoms with E-state index in [-0.39, 0.29) is 55.4 Å². The van der Waals surface area contributed by atoms with Crippen molar-refractivity contribution in [3.05, 3.63) is 29.6 Å². The smallest absolute Gasteiger partial charge is 0.306 e. The largest absolute Gasteiger partial charge is 0.490 e. The molecule has 2 saturated heterocycles. The molecular formula is C24H33FN2O6. The first-order chi connectivity index (χ1) is 15.9. The Morgan fingerprint density at radius 3 is 2.82 bits per heavy atom. The number of hydrogen-bond acceptors (Lipinski definition) is 6. The summed E-state index contributed by atoms with van der Waals surface area (Å²) in [5.41, 5.74) is 0.376. The van der Waals surface area contributed by atoms with Crippen molar-refractivity contribution in [1.29, 1.82) is 0 Å². The average Bonchev–Trinajstić information content (AvgIpc) is 3.07. The van der Waals surface area contributed by atoms with Gasteiger partial charge in [0.15, 0.2) is 11.6 Å². The maximum atomic E-state index is 14.4. The van der Waals surface area contributed by atoms with E-state index in [4.69, 9.17) is 19.3 Å². The van der Waals surface area contributed by atoms with Crippen molar-refractivity contribution < 1.29 is 33.3 Å². The summed E-state index contributed by atoms with van der Waals surface area (Å²) < 4.78 is 31.7. The van der Waals surface area contributed by atoms with E-state index in [2.05, 4.69) is 17.6 Å². The maximum Gasteiger partial charge on any atom is 0.306 e. The Morgan fingerprint density at radius 1 is 1.30 bits per heavy atom. The fraction of sp³-hybridized carbons (Fsp3) is 0.667. The average molecular weight is 465 g/mol. The van der Waals surface area contributed by atoms with Gasteiger partial charge in [-0.2, -0.15) is 0 Å². The van der Waals surface area contributed by atoms with E-state index in [1.807, 2.05) is 6.07 Å². The number of aliphatic carboxylic acids is 1. The van der Waals surface area contributed by atoms with Gasteiger partial charge in [-0.25, -0.2) is 4.39 Å². The molecule has 0 aromatic heterocycles. The number of benzene rings is 1. The fourth-order valence-electron chi connectivity index (χ4n) is 5.44. The van der Waals surface area contributed by atoms with Gasteiger partial charge in [-0.1, -0.05) is 12.1 Å². The Morgan fingerprint density at radius 2 is 2.09 bits per heavy atom. The molecule has 0 bridgehead atoms. The van der Waals surface area contributed by atoms with Gasteiger partial charge in [0.2, 0.25) is 5.91 Å². The number of carboxylic acids is 1. The molecule has 3 aliphatic rings. The molecule has 4 rings (SSSR count). The number of rotatable bonds is 8. The monoisotopic (exact) mass is 464 g/mol. The lowest BCUT2D eigenvalue weighted by atomic mass is 9.82. The van der Waals surface area contributed by atoms with Crippen molar-refractivity contribution in [1.82, 2.24) is 10.6 Å². The molecule has 182 valence electrons. The molecule has 0 radical (unpaired) electrons. The quantitative estimate of drug-likeness (QED) is 0.542. The molecule has 3 fully saturated rings. The fourth-order valence-corrected chi connectivity index (χ4v) is 5.44. The van der Waals surface area contributed by atoms with Crippen molar-refractivity contribution in [2.75, 3.05) is 26.4 Å². The molecule has 8 nitrogen and oxygen atoms in total. The Bertz CT molecular complexity index is 859. The van der Waals surface area contributed by atoms with Crippen LogP contribution >= 0.6 is 0 Å². The molecule has 9 heteroatoms. The number of para-hydroxylation sites is 1. The van der Waals surface area contributed by atoms with Crippen molar-refractivity contribution in [2.24, 2.45) is 0 Å². The van der Waals surface area contributed by atoms with E-state index in [0.29, 0.717) is 13.2 Å². The zero-order valence-corrected chi connectivity index (χ0v) is 19.0. The third kappa shape index (κ3) is 5.65. The number of carboxylic acid groups (broad SMARTS) is 1. The molecule has 3 N–H and O–H groups in total. The second-order valence-corrected chi connectivity index (χ2v) is 9.48. The van der Waals surface area contributed by atoms with Gasteiger partial charge in [-0.15, -0.1) is 0 Å². The minimum Gasteiger partial charge on any atom is -0.490 e. The molecule has 3 atom stereocenters. The third-order valence-corrected chi connectivity index (χ3v) is 6.98. The number of nitrogens with one attached hydrogen (secondary N) is 2. The number of amides is 1. The van der Waals surface area contributed by atoms with Crippen LogP contribution in [0.15, 0.2) is 18.2 Å². The number of halogens is 1. The van der Waals surface area contributed by atoms with E-state index >= 15 is 0 Å². The van der Waals surface area contributed by atoms with Crippen LogP contribution in [0, 0.1) is 5.82 Å². The zero-order valence-electron chi connectivity index (χ0n) is 19.0. The number of carbonyl (C=O) groups is 2. The Labute approximate surface area is 193 Å². The molecule has 1 spiro atoms. The van der Waals surface area contributed by atoms with Crippen LogP contribution in [0.2, 0.25) is 0 Å². The minimum atomic E-state index is -0.974. The first-order valence-corrected chi connectivity index (χ1v) is 11.8. The van der Waals surface area contributed by atoms with Crippen LogP contribution in [0.1, 0.15) is 56.9 Å². The molecule has 2 heterocycles. The SMILES string of the molecule is C[C@@H]1CC2(COCC(=O)N2)C(CO[C@H]2CC[C@@H](c3cccc(F)c3OCCC(=O)O)CC2)N1. The number of carbonyl (C=O) groups excluding carboxylic acids is 1. The van der Waals surface area contributed by atoms with Gasteiger partial charge < -0.3 is 30.0 Å². The molecule has 1 aromatic carbocycles. The molecule has 2 aliphatic heterocycles. The van der Waals surface area contributed by atoms with Crippen LogP contribution in [0.5, 0.6) is 5.75 Å². The van der Waals surface area contributed by atoms with Gasteiger partial charge in [0, 0.05) is 11.6 Å². The van der Waals surface area contributed by atoms with Gasteiger partial charge in [-0.05, 0) is 51.0 Å². The second kappa shape index (κ2) is 10.4. The van der Waals surface area contributed by atoms with Crippen molar-refractivity contribution in [3.8, 4) is 5.75 Å². The molecular weight excluding hydrogens is 431 g/mol. The van der Waals surface area contributed by atoms with Crippen LogP contribution in [0.4, 0.5) is 4.39 Å². The van der Waals surface area contributed by atoms with E-state index in [9.17, 15) is 14.0 Å². The maximum absolute atomic E-state index is 14.4. The topological polar surface area (TPSA) is 106 Å². The highest BCUT2D eigenvalue weighted by Crippen LogP contribution is 2.40. The van der Waals surface area contributed by atoms with Crippen LogP contribution in [0.3, 0.4) is 0 Å². The summed E-state index contributed by atoms with van der Waals surface area (Å²) in [6.07, 6.45) is 4.09. The van der Waals surface area contributed by atoms with Crippen molar-refractivity contribution >= 4 is 11.9 Å². The lowest BCUT2D eigenvalue weighted by Gasteiger charge is -2.39. The van der Waals surface area contributed by atoms with Crippen LogP contribution in [-0.4, -0.2) is 67.1 Å². The van der Waals surface area contributed by atoms with Crippen molar-refractivity contribution in [3.63, 3.8) is 0 Å². The van der Waals surface area contributed by atoms with E-state index in [1.165, 1.54) is 6.07 Å². The molecule has 2 unspecified atom stereocenters. The molecule has 1 aromatic rings. The number of morpholine rings is 1. The zero-order chi connectivity index (χ0) is 23.4.